The molecule has 0 aliphatic rings. The lowest BCUT2D eigenvalue weighted by atomic mass is 10.0. The quantitative estimate of drug-likeness (QED) is 0.670. The number of rotatable bonds is 8. The van der Waals surface area contributed by atoms with Crippen LogP contribution in [0.2, 0.25) is 0 Å². The van der Waals surface area contributed by atoms with Gasteiger partial charge in [0.2, 0.25) is 5.91 Å². The molecule has 0 saturated carbocycles. The maximum atomic E-state index is 11.7. The summed E-state index contributed by atoms with van der Waals surface area (Å²) in [5, 5.41) is 11.4. The van der Waals surface area contributed by atoms with Crippen LogP contribution in [0.1, 0.15) is 40.0 Å². The standard InChI is InChI=1S/C12H24N2O3/c1-5-12(2,3)13-10(15)9-14(4)8-6-7-11(16)17/h5-9H2,1-4H3,(H,13,15)(H,16,17). The Balaban J connectivity index is 3.84. The predicted molar refractivity (Wildman–Crippen MR) is 66.9 cm³/mol. The number of nitrogens with zero attached hydrogens (tertiary/aromatic N) is 1. The minimum atomic E-state index is -0.796. The molecule has 0 fully saturated rings. The molecule has 2 N–H and O–H groups in total. The van der Waals surface area contributed by atoms with Crippen molar-refractivity contribution in [2.24, 2.45) is 0 Å². The summed E-state index contributed by atoms with van der Waals surface area (Å²) in [6.07, 6.45) is 1.59. The third kappa shape index (κ3) is 8.68. The molecule has 0 aliphatic heterocycles. The van der Waals surface area contributed by atoms with Crippen molar-refractivity contribution < 1.29 is 14.7 Å². The van der Waals surface area contributed by atoms with Gasteiger partial charge in [-0.25, -0.2) is 0 Å². The number of likely N-dealkylation sites (N-methyl/N-ethyl adjacent to an activating group) is 1. The third-order valence-corrected chi connectivity index (χ3v) is 2.71. The molecule has 0 aliphatic carbocycles. The molecule has 100 valence electrons. The lowest BCUT2D eigenvalue weighted by molar-refractivity contribution is -0.137. The molecule has 0 spiro atoms. The van der Waals surface area contributed by atoms with Crippen LogP contribution in [-0.2, 0) is 9.59 Å². The second-order valence-corrected chi connectivity index (χ2v) is 5.02. The van der Waals surface area contributed by atoms with Crippen LogP contribution in [0.25, 0.3) is 0 Å². The van der Waals surface area contributed by atoms with E-state index >= 15 is 0 Å². The van der Waals surface area contributed by atoms with E-state index in [1.165, 1.54) is 0 Å². The third-order valence-electron chi connectivity index (χ3n) is 2.71. The summed E-state index contributed by atoms with van der Waals surface area (Å²) in [6, 6.07) is 0. The van der Waals surface area contributed by atoms with Crippen LogP contribution in [0.4, 0.5) is 0 Å². The van der Waals surface area contributed by atoms with Gasteiger partial charge < -0.3 is 10.4 Å². The second kappa shape index (κ2) is 7.27. The van der Waals surface area contributed by atoms with Gasteiger partial charge in [0, 0.05) is 12.0 Å². The Kier molecular flexibility index (Phi) is 6.80. The molecular formula is C12H24N2O3. The monoisotopic (exact) mass is 244 g/mol. The largest absolute Gasteiger partial charge is 0.481 e. The smallest absolute Gasteiger partial charge is 0.303 e. The molecular weight excluding hydrogens is 220 g/mol. The van der Waals surface area contributed by atoms with E-state index in [0.717, 1.165) is 6.42 Å². The SMILES string of the molecule is CCC(C)(C)NC(=O)CN(C)CCCC(=O)O. The minimum Gasteiger partial charge on any atom is -0.481 e. The van der Waals surface area contributed by atoms with Gasteiger partial charge in [0.1, 0.15) is 0 Å². The van der Waals surface area contributed by atoms with Crippen LogP contribution >= 0.6 is 0 Å². The van der Waals surface area contributed by atoms with Crippen LogP contribution in [0, 0.1) is 0 Å². The van der Waals surface area contributed by atoms with Crippen molar-refractivity contribution in [2.75, 3.05) is 20.1 Å². The predicted octanol–water partition coefficient (Wildman–Crippen LogP) is 1.09. The number of carbonyl (C=O) groups is 2. The highest BCUT2D eigenvalue weighted by Crippen LogP contribution is 2.06. The summed E-state index contributed by atoms with van der Waals surface area (Å²) >= 11 is 0. The van der Waals surface area contributed by atoms with E-state index in [0.29, 0.717) is 19.5 Å². The normalized spacial score (nSPS) is 11.6. The van der Waals surface area contributed by atoms with Crippen molar-refractivity contribution in [1.82, 2.24) is 10.2 Å². The van der Waals surface area contributed by atoms with Crippen LogP contribution in [0.5, 0.6) is 0 Å². The van der Waals surface area contributed by atoms with Gasteiger partial charge in [0.05, 0.1) is 6.54 Å². The van der Waals surface area contributed by atoms with Gasteiger partial charge in [-0.2, -0.15) is 0 Å². The van der Waals surface area contributed by atoms with Gasteiger partial charge in [0.25, 0.3) is 0 Å². The zero-order chi connectivity index (χ0) is 13.5. The lowest BCUT2D eigenvalue weighted by Crippen LogP contribution is -2.46. The van der Waals surface area contributed by atoms with Gasteiger partial charge in [-0.1, -0.05) is 6.92 Å². The number of carboxylic acids is 1. The van der Waals surface area contributed by atoms with Crippen molar-refractivity contribution in [3.05, 3.63) is 0 Å². The van der Waals surface area contributed by atoms with Crippen molar-refractivity contribution in [2.45, 2.75) is 45.6 Å². The Morgan fingerprint density at radius 3 is 2.41 bits per heavy atom. The number of carboxylic acid groups (broad SMARTS) is 1. The summed E-state index contributed by atoms with van der Waals surface area (Å²) < 4.78 is 0. The highest BCUT2D eigenvalue weighted by Gasteiger charge is 2.18. The highest BCUT2D eigenvalue weighted by atomic mass is 16.4. The van der Waals surface area contributed by atoms with Crippen LogP contribution in [-0.4, -0.2) is 47.6 Å². The Morgan fingerprint density at radius 1 is 1.35 bits per heavy atom. The molecule has 1 amide bonds. The first-order chi connectivity index (χ1) is 7.76. The second-order valence-electron chi connectivity index (χ2n) is 5.02. The zero-order valence-electron chi connectivity index (χ0n) is 11.2. The fourth-order valence-corrected chi connectivity index (χ4v) is 1.33. The molecule has 0 rings (SSSR count). The van der Waals surface area contributed by atoms with Crippen molar-refractivity contribution >= 4 is 11.9 Å². The Labute approximate surface area is 103 Å². The highest BCUT2D eigenvalue weighted by molar-refractivity contribution is 5.78. The maximum Gasteiger partial charge on any atom is 0.303 e. The van der Waals surface area contributed by atoms with E-state index in [1.807, 2.05) is 32.7 Å². The summed E-state index contributed by atoms with van der Waals surface area (Å²) in [5.74, 6) is -0.815. The molecule has 0 aromatic rings. The molecule has 0 radical (unpaired) electrons. The molecule has 0 aromatic heterocycles. The van der Waals surface area contributed by atoms with Gasteiger partial charge in [0.15, 0.2) is 0 Å². The first kappa shape index (κ1) is 15.9. The van der Waals surface area contributed by atoms with Crippen molar-refractivity contribution in [3.63, 3.8) is 0 Å². The average Bonchev–Trinajstić information content (AvgIpc) is 2.15. The van der Waals surface area contributed by atoms with Gasteiger partial charge in [-0.15, -0.1) is 0 Å². The van der Waals surface area contributed by atoms with E-state index in [9.17, 15) is 9.59 Å². The topological polar surface area (TPSA) is 69.6 Å². The van der Waals surface area contributed by atoms with Crippen molar-refractivity contribution in [1.29, 1.82) is 0 Å². The lowest BCUT2D eigenvalue weighted by Gasteiger charge is -2.26. The number of amides is 1. The fraction of sp³-hybridized carbons (Fsp3) is 0.833. The molecule has 17 heavy (non-hydrogen) atoms. The number of hydrogen-bond acceptors (Lipinski definition) is 3. The molecule has 0 aromatic carbocycles. The average molecular weight is 244 g/mol. The molecule has 5 nitrogen and oxygen atoms in total. The van der Waals surface area contributed by atoms with Crippen molar-refractivity contribution in [3.8, 4) is 0 Å². The van der Waals surface area contributed by atoms with E-state index in [-0.39, 0.29) is 17.9 Å². The minimum absolute atomic E-state index is 0.0188. The first-order valence-corrected chi connectivity index (χ1v) is 5.98. The summed E-state index contributed by atoms with van der Waals surface area (Å²) in [5.41, 5.74) is -0.182. The number of nitrogens with one attached hydrogen (secondary N) is 1. The molecule has 0 unspecified atom stereocenters. The van der Waals surface area contributed by atoms with Gasteiger partial charge in [-0.3, -0.25) is 14.5 Å². The Bertz CT molecular complexity index is 264. The van der Waals surface area contributed by atoms with E-state index in [4.69, 9.17) is 5.11 Å². The first-order valence-electron chi connectivity index (χ1n) is 5.98. The summed E-state index contributed by atoms with van der Waals surface area (Å²) in [7, 11) is 1.82. The molecule has 0 atom stereocenters. The van der Waals surface area contributed by atoms with Crippen LogP contribution < -0.4 is 5.32 Å². The summed E-state index contributed by atoms with van der Waals surface area (Å²) in [6.45, 7) is 6.91. The number of hydrogen-bond donors (Lipinski definition) is 2. The van der Waals surface area contributed by atoms with E-state index in [2.05, 4.69) is 5.32 Å². The van der Waals surface area contributed by atoms with E-state index in [1.54, 1.807) is 0 Å². The van der Waals surface area contributed by atoms with Crippen LogP contribution in [0.15, 0.2) is 0 Å². The fourth-order valence-electron chi connectivity index (χ4n) is 1.33. The van der Waals surface area contributed by atoms with E-state index < -0.39 is 5.97 Å². The summed E-state index contributed by atoms with van der Waals surface area (Å²) in [4.78, 5) is 23.8. The zero-order valence-corrected chi connectivity index (χ0v) is 11.2. The van der Waals surface area contributed by atoms with Crippen LogP contribution in [0.3, 0.4) is 0 Å². The molecule has 0 heterocycles. The van der Waals surface area contributed by atoms with Gasteiger partial charge >= 0.3 is 5.97 Å². The molecule has 0 bridgehead atoms. The number of aliphatic carboxylic acids is 1. The molecule has 0 saturated heterocycles. The maximum absolute atomic E-state index is 11.7. The molecule has 5 heteroatoms. The Hall–Kier alpha value is -1.10. The van der Waals surface area contributed by atoms with Gasteiger partial charge in [-0.05, 0) is 40.3 Å². The Morgan fingerprint density at radius 2 is 1.94 bits per heavy atom. The number of carbonyl (C=O) groups excluding carboxylic acids is 1.